The van der Waals surface area contributed by atoms with Crippen LogP contribution in [0.25, 0.3) is 0 Å². The summed E-state index contributed by atoms with van der Waals surface area (Å²) in [6.07, 6.45) is -0.827. The number of hydrogen-bond acceptors (Lipinski definition) is 2. The fourth-order valence-corrected chi connectivity index (χ4v) is 2.72. The smallest absolute Gasteiger partial charge is 0.137 e. The second-order valence-corrected chi connectivity index (χ2v) is 5.69. The maximum absolute atomic E-state index is 10.4. The molecule has 0 bridgehead atoms. The lowest BCUT2D eigenvalue weighted by Gasteiger charge is -2.15. The van der Waals surface area contributed by atoms with Crippen molar-refractivity contribution >= 4 is 39.1 Å². The predicted octanol–water partition coefficient (Wildman–Crippen LogP) is 4.85. The third-order valence-electron chi connectivity index (χ3n) is 2.75. The van der Waals surface area contributed by atoms with Gasteiger partial charge in [0.2, 0.25) is 0 Å². The number of rotatable bonds is 3. The van der Waals surface area contributed by atoms with E-state index in [2.05, 4.69) is 15.9 Å². The summed E-state index contributed by atoms with van der Waals surface area (Å²) < 4.78 is 6.00. The van der Waals surface area contributed by atoms with Crippen LogP contribution in [-0.4, -0.2) is 12.2 Å². The van der Waals surface area contributed by atoms with E-state index in [1.54, 1.807) is 30.3 Å². The van der Waals surface area contributed by atoms with Crippen molar-refractivity contribution in [1.82, 2.24) is 0 Å². The van der Waals surface area contributed by atoms with E-state index in [-0.39, 0.29) is 0 Å². The number of methoxy groups -OCH3 is 1. The third kappa shape index (κ3) is 3.23. The molecule has 0 aliphatic rings. The lowest BCUT2D eigenvalue weighted by Crippen LogP contribution is -2.01. The highest BCUT2D eigenvalue weighted by Crippen LogP contribution is 2.34. The molecule has 0 spiro atoms. The molecule has 1 atom stereocenters. The summed E-state index contributed by atoms with van der Waals surface area (Å²) in [5.74, 6) is 0.520. The molecule has 2 aromatic carbocycles. The van der Waals surface area contributed by atoms with Gasteiger partial charge in [0, 0.05) is 15.1 Å². The molecule has 1 N–H and O–H groups in total. The molecule has 1 unspecified atom stereocenters. The lowest BCUT2D eigenvalue weighted by atomic mass is 10.0. The number of aliphatic hydroxyl groups excluding tert-OH is 1. The van der Waals surface area contributed by atoms with Gasteiger partial charge in [0.15, 0.2) is 0 Å². The minimum absolute atomic E-state index is 0.496. The Bertz CT molecular complexity index is 602. The van der Waals surface area contributed by atoms with Gasteiger partial charge >= 0.3 is 0 Å². The van der Waals surface area contributed by atoms with Gasteiger partial charge in [0.05, 0.1) is 12.1 Å². The Morgan fingerprint density at radius 1 is 1.11 bits per heavy atom. The molecule has 100 valence electrons. The summed E-state index contributed by atoms with van der Waals surface area (Å²) in [5, 5.41) is 11.4. The lowest BCUT2D eigenvalue weighted by molar-refractivity contribution is 0.220. The second-order valence-electron chi connectivity index (χ2n) is 3.96. The Labute approximate surface area is 130 Å². The van der Waals surface area contributed by atoms with Crippen molar-refractivity contribution in [2.45, 2.75) is 6.10 Å². The quantitative estimate of drug-likeness (QED) is 0.846. The highest BCUT2D eigenvalue weighted by Gasteiger charge is 2.15. The fraction of sp³-hybridized carbons (Fsp3) is 0.143. The molecule has 0 heterocycles. The van der Waals surface area contributed by atoms with E-state index >= 15 is 0 Å². The third-order valence-corrected chi connectivity index (χ3v) is 3.88. The van der Waals surface area contributed by atoms with Gasteiger partial charge in [-0.25, -0.2) is 0 Å². The zero-order valence-electron chi connectivity index (χ0n) is 10.0. The van der Waals surface area contributed by atoms with Gasteiger partial charge in [-0.05, 0) is 29.8 Å². The summed E-state index contributed by atoms with van der Waals surface area (Å²) in [6.45, 7) is 0. The van der Waals surface area contributed by atoms with Crippen LogP contribution in [0.15, 0.2) is 40.9 Å². The maximum Gasteiger partial charge on any atom is 0.137 e. The van der Waals surface area contributed by atoms with E-state index < -0.39 is 6.10 Å². The monoisotopic (exact) mass is 360 g/mol. The summed E-state index contributed by atoms with van der Waals surface area (Å²) in [5.41, 5.74) is 1.31. The highest BCUT2D eigenvalue weighted by molar-refractivity contribution is 9.10. The topological polar surface area (TPSA) is 29.5 Å². The minimum Gasteiger partial charge on any atom is -0.495 e. The zero-order valence-corrected chi connectivity index (χ0v) is 13.1. The van der Waals surface area contributed by atoms with Crippen molar-refractivity contribution in [2.24, 2.45) is 0 Å². The van der Waals surface area contributed by atoms with Crippen molar-refractivity contribution in [1.29, 1.82) is 0 Å². The molecule has 0 aliphatic carbocycles. The largest absolute Gasteiger partial charge is 0.495 e. The Kier molecular flexibility index (Phi) is 4.74. The Morgan fingerprint density at radius 3 is 2.47 bits per heavy atom. The van der Waals surface area contributed by atoms with Crippen LogP contribution in [0.1, 0.15) is 17.2 Å². The van der Waals surface area contributed by atoms with Crippen LogP contribution in [-0.2, 0) is 0 Å². The van der Waals surface area contributed by atoms with Gasteiger partial charge in [-0.3, -0.25) is 0 Å². The number of ether oxygens (including phenoxy) is 1. The molecular formula is C14H11BrCl2O2. The summed E-state index contributed by atoms with van der Waals surface area (Å²) in [4.78, 5) is 0. The fourth-order valence-electron chi connectivity index (χ4n) is 1.75. The van der Waals surface area contributed by atoms with Crippen LogP contribution in [0.2, 0.25) is 10.0 Å². The first-order chi connectivity index (χ1) is 9.02. The van der Waals surface area contributed by atoms with Gasteiger partial charge < -0.3 is 9.84 Å². The molecule has 0 saturated heterocycles. The first kappa shape index (κ1) is 14.7. The van der Waals surface area contributed by atoms with Crippen LogP contribution >= 0.6 is 39.1 Å². The number of halogens is 3. The van der Waals surface area contributed by atoms with Crippen LogP contribution in [0.5, 0.6) is 5.75 Å². The average Bonchev–Trinajstić information content (AvgIpc) is 2.38. The standard InChI is InChI=1S/C14H11BrCl2O2/c1-19-13-6-8(2-5-11(13)16)14(18)10-4-3-9(15)7-12(10)17/h2-7,14,18H,1H3. The average molecular weight is 362 g/mol. The second kappa shape index (κ2) is 6.14. The number of benzene rings is 2. The van der Waals surface area contributed by atoms with Crippen molar-refractivity contribution in [3.8, 4) is 5.75 Å². The van der Waals surface area contributed by atoms with Gasteiger partial charge in [0.25, 0.3) is 0 Å². The van der Waals surface area contributed by atoms with E-state index in [4.69, 9.17) is 27.9 Å². The molecule has 0 aromatic heterocycles. The van der Waals surface area contributed by atoms with Crippen LogP contribution in [0.3, 0.4) is 0 Å². The van der Waals surface area contributed by atoms with Crippen molar-refractivity contribution in [3.63, 3.8) is 0 Å². The predicted molar refractivity (Wildman–Crippen MR) is 81.2 cm³/mol. The maximum atomic E-state index is 10.4. The van der Waals surface area contributed by atoms with Crippen LogP contribution in [0, 0.1) is 0 Å². The molecular weight excluding hydrogens is 351 g/mol. The molecule has 0 fully saturated rings. The van der Waals surface area contributed by atoms with Crippen molar-refractivity contribution in [3.05, 3.63) is 62.0 Å². The summed E-state index contributed by atoms with van der Waals surface area (Å²) in [6, 6.07) is 10.5. The first-order valence-electron chi connectivity index (χ1n) is 5.49. The molecule has 2 nitrogen and oxygen atoms in total. The molecule has 2 aromatic rings. The van der Waals surface area contributed by atoms with Gasteiger partial charge in [-0.15, -0.1) is 0 Å². The molecule has 19 heavy (non-hydrogen) atoms. The van der Waals surface area contributed by atoms with Gasteiger partial charge in [0.1, 0.15) is 11.9 Å². The Balaban J connectivity index is 2.40. The molecule has 2 rings (SSSR count). The Hall–Kier alpha value is -0.740. The highest BCUT2D eigenvalue weighted by atomic mass is 79.9. The van der Waals surface area contributed by atoms with E-state index in [9.17, 15) is 5.11 Å². The van der Waals surface area contributed by atoms with E-state index in [1.165, 1.54) is 7.11 Å². The van der Waals surface area contributed by atoms with Crippen molar-refractivity contribution in [2.75, 3.05) is 7.11 Å². The van der Waals surface area contributed by atoms with Crippen LogP contribution < -0.4 is 4.74 Å². The Morgan fingerprint density at radius 2 is 1.84 bits per heavy atom. The minimum atomic E-state index is -0.827. The summed E-state index contributed by atoms with van der Waals surface area (Å²) in [7, 11) is 1.53. The first-order valence-corrected chi connectivity index (χ1v) is 7.04. The summed E-state index contributed by atoms with van der Waals surface area (Å²) >= 11 is 15.4. The molecule has 0 saturated carbocycles. The molecule has 5 heteroatoms. The van der Waals surface area contributed by atoms with Gasteiger partial charge in [-0.1, -0.05) is 51.3 Å². The zero-order chi connectivity index (χ0) is 14.0. The van der Waals surface area contributed by atoms with Gasteiger partial charge in [-0.2, -0.15) is 0 Å². The van der Waals surface area contributed by atoms with E-state index in [1.807, 2.05) is 6.07 Å². The van der Waals surface area contributed by atoms with Crippen molar-refractivity contribution < 1.29 is 9.84 Å². The molecule has 0 radical (unpaired) electrons. The van der Waals surface area contributed by atoms with E-state index in [0.717, 1.165) is 4.47 Å². The normalized spacial score (nSPS) is 12.3. The van der Waals surface area contributed by atoms with E-state index in [0.29, 0.717) is 26.9 Å². The SMILES string of the molecule is COc1cc(C(O)c2ccc(Br)cc2Cl)ccc1Cl. The molecule has 0 amide bonds. The van der Waals surface area contributed by atoms with Crippen LogP contribution in [0.4, 0.5) is 0 Å². The number of aliphatic hydroxyl groups is 1. The number of hydrogen-bond donors (Lipinski definition) is 1. The molecule has 0 aliphatic heterocycles.